The quantitative estimate of drug-likeness (QED) is 0.855. The van der Waals surface area contributed by atoms with E-state index in [9.17, 15) is 4.39 Å². The summed E-state index contributed by atoms with van der Waals surface area (Å²) in [5, 5.41) is 3.89. The van der Waals surface area contributed by atoms with Gasteiger partial charge in [-0.1, -0.05) is 29.8 Å². The third-order valence-electron chi connectivity index (χ3n) is 3.39. The fourth-order valence-corrected chi connectivity index (χ4v) is 2.38. The fraction of sp³-hybridized carbons (Fsp3) is 0.250. The molecule has 2 aromatic rings. The lowest BCUT2D eigenvalue weighted by molar-refractivity contribution is 0.619. The Morgan fingerprint density at radius 1 is 1.11 bits per heavy atom. The zero-order valence-electron chi connectivity index (χ0n) is 11.3. The molecule has 0 saturated carbocycles. The SMILES string of the molecule is CNC(C)c1ccc(-c2ccc(F)c(C)c2)cc1Cl. The molecule has 0 aromatic heterocycles. The minimum absolute atomic E-state index is 0.185. The molecule has 0 aliphatic carbocycles. The maximum atomic E-state index is 13.3. The largest absolute Gasteiger partial charge is 0.313 e. The smallest absolute Gasteiger partial charge is 0.126 e. The van der Waals surface area contributed by atoms with Gasteiger partial charge >= 0.3 is 0 Å². The van der Waals surface area contributed by atoms with Gasteiger partial charge in [-0.15, -0.1) is 0 Å². The van der Waals surface area contributed by atoms with Crippen LogP contribution in [0, 0.1) is 12.7 Å². The Balaban J connectivity index is 2.41. The highest BCUT2D eigenvalue weighted by Gasteiger charge is 2.09. The fourth-order valence-electron chi connectivity index (χ4n) is 2.04. The molecule has 0 saturated heterocycles. The third-order valence-corrected chi connectivity index (χ3v) is 3.72. The van der Waals surface area contributed by atoms with Crippen molar-refractivity contribution < 1.29 is 4.39 Å². The summed E-state index contributed by atoms with van der Waals surface area (Å²) in [4.78, 5) is 0. The number of nitrogens with one attached hydrogen (secondary N) is 1. The van der Waals surface area contributed by atoms with Crippen LogP contribution in [-0.2, 0) is 0 Å². The van der Waals surface area contributed by atoms with Crippen LogP contribution in [0.1, 0.15) is 24.1 Å². The minimum atomic E-state index is -0.185. The van der Waals surface area contributed by atoms with Crippen LogP contribution in [0.3, 0.4) is 0 Å². The summed E-state index contributed by atoms with van der Waals surface area (Å²) in [6.45, 7) is 3.82. The van der Waals surface area contributed by atoms with Crippen molar-refractivity contribution in [3.63, 3.8) is 0 Å². The van der Waals surface area contributed by atoms with E-state index in [0.29, 0.717) is 5.56 Å². The van der Waals surface area contributed by atoms with Crippen molar-refractivity contribution in [2.75, 3.05) is 7.05 Å². The number of halogens is 2. The molecule has 1 nitrogen and oxygen atoms in total. The lowest BCUT2D eigenvalue weighted by atomic mass is 10.00. The van der Waals surface area contributed by atoms with E-state index in [-0.39, 0.29) is 11.9 Å². The first kappa shape index (κ1) is 14.0. The van der Waals surface area contributed by atoms with Gasteiger partial charge in [-0.25, -0.2) is 4.39 Å². The van der Waals surface area contributed by atoms with Gasteiger partial charge in [0.05, 0.1) is 0 Å². The number of aryl methyl sites for hydroxylation is 1. The van der Waals surface area contributed by atoms with Gasteiger partial charge in [0.25, 0.3) is 0 Å². The van der Waals surface area contributed by atoms with Gasteiger partial charge in [0, 0.05) is 11.1 Å². The van der Waals surface area contributed by atoms with Crippen molar-refractivity contribution in [1.82, 2.24) is 5.32 Å². The molecule has 1 N–H and O–H groups in total. The van der Waals surface area contributed by atoms with Gasteiger partial charge in [0.1, 0.15) is 5.82 Å². The summed E-state index contributed by atoms with van der Waals surface area (Å²) < 4.78 is 13.3. The van der Waals surface area contributed by atoms with Crippen LogP contribution in [0.2, 0.25) is 5.02 Å². The molecule has 2 aromatic carbocycles. The van der Waals surface area contributed by atoms with Crippen molar-refractivity contribution in [2.24, 2.45) is 0 Å². The van der Waals surface area contributed by atoms with Gasteiger partial charge in [-0.2, -0.15) is 0 Å². The highest BCUT2D eigenvalue weighted by atomic mass is 35.5. The number of hydrogen-bond donors (Lipinski definition) is 1. The standard InChI is InChI=1S/C16H17ClFN/c1-10-8-12(5-7-16(10)18)13-4-6-14(11(2)19-3)15(17)9-13/h4-9,11,19H,1-3H3. The molecule has 0 bridgehead atoms. The molecular formula is C16H17ClFN. The molecule has 1 unspecified atom stereocenters. The van der Waals surface area contributed by atoms with E-state index in [0.717, 1.165) is 21.7 Å². The first-order valence-corrected chi connectivity index (χ1v) is 6.64. The topological polar surface area (TPSA) is 12.0 Å². The van der Waals surface area contributed by atoms with E-state index in [4.69, 9.17) is 11.6 Å². The van der Waals surface area contributed by atoms with Crippen molar-refractivity contribution >= 4 is 11.6 Å². The second kappa shape index (κ2) is 5.72. The molecule has 0 radical (unpaired) electrons. The van der Waals surface area contributed by atoms with Gasteiger partial charge in [-0.05, 0) is 61.3 Å². The molecule has 1 atom stereocenters. The summed E-state index contributed by atoms with van der Waals surface area (Å²) >= 11 is 6.31. The molecular weight excluding hydrogens is 261 g/mol. The molecule has 0 heterocycles. The van der Waals surface area contributed by atoms with E-state index in [1.54, 1.807) is 13.0 Å². The number of rotatable bonds is 3. The Bertz CT molecular complexity index is 595. The van der Waals surface area contributed by atoms with Crippen molar-refractivity contribution in [3.05, 3.63) is 58.4 Å². The predicted octanol–water partition coefficient (Wildman–Crippen LogP) is 4.73. The van der Waals surface area contributed by atoms with Gasteiger partial charge in [0.2, 0.25) is 0 Å². The van der Waals surface area contributed by atoms with Crippen LogP contribution >= 0.6 is 11.6 Å². The Kier molecular flexibility index (Phi) is 4.23. The van der Waals surface area contributed by atoms with Crippen LogP contribution in [-0.4, -0.2) is 7.05 Å². The summed E-state index contributed by atoms with van der Waals surface area (Å²) in [5.41, 5.74) is 3.68. The zero-order chi connectivity index (χ0) is 14.0. The maximum absolute atomic E-state index is 13.3. The lowest BCUT2D eigenvalue weighted by Crippen LogP contribution is -2.12. The van der Waals surface area contributed by atoms with E-state index in [1.165, 1.54) is 6.07 Å². The number of hydrogen-bond acceptors (Lipinski definition) is 1. The molecule has 0 aliphatic heterocycles. The molecule has 19 heavy (non-hydrogen) atoms. The second-order valence-corrected chi connectivity index (χ2v) is 5.12. The average molecular weight is 278 g/mol. The highest BCUT2D eigenvalue weighted by molar-refractivity contribution is 6.31. The second-order valence-electron chi connectivity index (χ2n) is 4.71. The van der Waals surface area contributed by atoms with E-state index in [2.05, 4.69) is 12.2 Å². The van der Waals surface area contributed by atoms with E-state index in [1.807, 2.05) is 31.3 Å². The first-order chi connectivity index (χ1) is 9.02. The average Bonchev–Trinajstić information content (AvgIpc) is 2.41. The molecule has 0 amide bonds. The molecule has 100 valence electrons. The summed E-state index contributed by atoms with van der Waals surface area (Å²) in [7, 11) is 1.90. The Morgan fingerprint density at radius 2 is 1.74 bits per heavy atom. The summed E-state index contributed by atoms with van der Waals surface area (Å²) in [6, 6.07) is 11.3. The maximum Gasteiger partial charge on any atom is 0.126 e. The molecule has 0 aliphatic rings. The molecule has 0 spiro atoms. The van der Waals surface area contributed by atoms with Crippen LogP contribution in [0.4, 0.5) is 4.39 Å². The van der Waals surface area contributed by atoms with Crippen molar-refractivity contribution in [1.29, 1.82) is 0 Å². The zero-order valence-corrected chi connectivity index (χ0v) is 12.1. The summed E-state index contributed by atoms with van der Waals surface area (Å²) in [6.07, 6.45) is 0. The highest BCUT2D eigenvalue weighted by Crippen LogP contribution is 2.29. The van der Waals surface area contributed by atoms with Crippen LogP contribution in [0.15, 0.2) is 36.4 Å². The van der Waals surface area contributed by atoms with Crippen molar-refractivity contribution in [3.8, 4) is 11.1 Å². The van der Waals surface area contributed by atoms with Crippen LogP contribution in [0.25, 0.3) is 11.1 Å². The molecule has 3 heteroatoms. The van der Waals surface area contributed by atoms with Gasteiger partial charge < -0.3 is 5.32 Å². The lowest BCUT2D eigenvalue weighted by Gasteiger charge is -2.14. The molecule has 0 fully saturated rings. The first-order valence-electron chi connectivity index (χ1n) is 6.26. The Hall–Kier alpha value is -1.38. The van der Waals surface area contributed by atoms with Gasteiger partial charge in [0.15, 0.2) is 0 Å². The van der Waals surface area contributed by atoms with Crippen molar-refractivity contribution in [2.45, 2.75) is 19.9 Å². The predicted molar refractivity (Wildman–Crippen MR) is 79.1 cm³/mol. The monoisotopic (exact) mass is 277 g/mol. The van der Waals surface area contributed by atoms with E-state index < -0.39 is 0 Å². The Morgan fingerprint density at radius 3 is 2.32 bits per heavy atom. The van der Waals surface area contributed by atoms with Gasteiger partial charge in [-0.3, -0.25) is 0 Å². The normalized spacial score (nSPS) is 12.5. The van der Waals surface area contributed by atoms with E-state index >= 15 is 0 Å². The van der Waals surface area contributed by atoms with Crippen LogP contribution in [0.5, 0.6) is 0 Å². The Labute approximate surface area is 118 Å². The molecule has 2 rings (SSSR count). The number of benzene rings is 2. The van der Waals surface area contributed by atoms with Crippen LogP contribution < -0.4 is 5.32 Å². The third kappa shape index (κ3) is 2.96. The minimum Gasteiger partial charge on any atom is -0.313 e. The summed E-state index contributed by atoms with van der Waals surface area (Å²) in [5.74, 6) is -0.185.